The van der Waals surface area contributed by atoms with Gasteiger partial charge in [-0.1, -0.05) is 29.4 Å². The third kappa shape index (κ3) is 3.06. The van der Waals surface area contributed by atoms with Gasteiger partial charge < -0.3 is 15.8 Å². The summed E-state index contributed by atoms with van der Waals surface area (Å²) in [5, 5.41) is 15.7. The molecular formula is C12H19N5O2S. The van der Waals surface area contributed by atoms with Gasteiger partial charge in [-0.3, -0.25) is 4.79 Å². The fraction of sp³-hybridized carbons (Fsp3) is 0.667. The highest BCUT2D eigenvalue weighted by Gasteiger charge is 2.30. The topological polar surface area (TPSA) is 105 Å². The number of rotatable bonds is 5. The summed E-state index contributed by atoms with van der Waals surface area (Å²) in [7, 11) is 0. The van der Waals surface area contributed by atoms with Crippen LogP contribution in [0.15, 0.2) is 5.16 Å². The van der Waals surface area contributed by atoms with E-state index in [1.807, 2.05) is 6.92 Å². The van der Waals surface area contributed by atoms with E-state index in [4.69, 9.17) is 10.9 Å². The Bertz CT molecular complexity index is 496. The highest BCUT2D eigenvalue weighted by atomic mass is 32.1. The third-order valence-corrected chi connectivity index (χ3v) is 4.33. The molecule has 1 aromatic heterocycles. The molecule has 1 aliphatic carbocycles. The van der Waals surface area contributed by atoms with Gasteiger partial charge in [0.25, 0.3) is 5.91 Å². The second-order valence-electron chi connectivity index (χ2n) is 4.86. The van der Waals surface area contributed by atoms with E-state index in [0.29, 0.717) is 17.0 Å². The molecule has 0 spiro atoms. The standard InChI is InChI=1S/C12H19N5O2S/c1-2-9-11(20-16-14-9)12(18)17(7-10(13)15-19)8-5-3-4-6-8/h8,19H,2-7H2,1H3,(H2,13,15). The van der Waals surface area contributed by atoms with Crippen LogP contribution in [0.3, 0.4) is 0 Å². The van der Waals surface area contributed by atoms with Crippen molar-refractivity contribution in [1.82, 2.24) is 14.5 Å². The van der Waals surface area contributed by atoms with Crippen molar-refractivity contribution in [1.29, 1.82) is 0 Å². The molecule has 110 valence electrons. The molecule has 1 amide bonds. The normalized spacial score (nSPS) is 16.6. The van der Waals surface area contributed by atoms with Crippen molar-refractivity contribution in [2.75, 3.05) is 6.54 Å². The second-order valence-corrected chi connectivity index (χ2v) is 5.62. The lowest BCUT2D eigenvalue weighted by Gasteiger charge is -2.28. The van der Waals surface area contributed by atoms with E-state index >= 15 is 0 Å². The molecule has 20 heavy (non-hydrogen) atoms. The summed E-state index contributed by atoms with van der Waals surface area (Å²) in [6, 6.07) is 0.148. The Kier molecular flexibility index (Phi) is 4.89. The number of aromatic nitrogens is 2. The number of amidine groups is 1. The summed E-state index contributed by atoms with van der Waals surface area (Å²) in [6.07, 6.45) is 4.79. The summed E-state index contributed by atoms with van der Waals surface area (Å²) in [5.74, 6) is -0.0730. The molecule has 0 saturated heterocycles. The van der Waals surface area contributed by atoms with E-state index < -0.39 is 0 Å². The van der Waals surface area contributed by atoms with E-state index in [1.165, 1.54) is 0 Å². The van der Waals surface area contributed by atoms with Crippen molar-refractivity contribution in [3.8, 4) is 0 Å². The van der Waals surface area contributed by atoms with Crippen molar-refractivity contribution in [2.24, 2.45) is 10.9 Å². The number of carbonyl (C=O) groups is 1. The number of nitrogens with two attached hydrogens (primary N) is 1. The maximum atomic E-state index is 12.7. The molecule has 1 heterocycles. The van der Waals surface area contributed by atoms with Gasteiger partial charge in [0.1, 0.15) is 4.88 Å². The number of oxime groups is 1. The zero-order valence-electron chi connectivity index (χ0n) is 11.4. The summed E-state index contributed by atoms with van der Waals surface area (Å²) in [4.78, 5) is 14.9. The Labute approximate surface area is 121 Å². The van der Waals surface area contributed by atoms with Gasteiger partial charge >= 0.3 is 0 Å². The molecule has 7 nitrogen and oxygen atoms in total. The molecule has 1 fully saturated rings. The Morgan fingerprint density at radius 1 is 1.55 bits per heavy atom. The van der Waals surface area contributed by atoms with Crippen molar-refractivity contribution in [2.45, 2.75) is 45.1 Å². The van der Waals surface area contributed by atoms with Gasteiger partial charge in [0, 0.05) is 6.04 Å². The van der Waals surface area contributed by atoms with Crippen molar-refractivity contribution < 1.29 is 10.0 Å². The van der Waals surface area contributed by atoms with E-state index in [1.54, 1.807) is 4.90 Å². The lowest BCUT2D eigenvalue weighted by atomic mass is 10.2. The van der Waals surface area contributed by atoms with Crippen LogP contribution < -0.4 is 5.73 Å². The minimum absolute atomic E-state index is 0.0424. The van der Waals surface area contributed by atoms with Crippen LogP contribution in [0.5, 0.6) is 0 Å². The van der Waals surface area contributed by atoms with Crippen LogP contribution in [-0.2, 0) is 6.42 Å². The van der Waals surface area contributed by atoms with Crippen LogP contribution in [0.25, 0.3) is 0 Å². The minimum atomic E-state index is -0.115. The molecule has 0 atom stereocenters. The van der Waals surface area contributed by atoms with Crippen LogP contribution in [0.1, 0.15) is 48.0 Å². The Morgan fingerprint density at radius 3 is 2.85 bits per heavy atom. The zero-order valence-corrected chi connectivity index (χ0v) is 12.3. The van der Waals surface area contributed by atoms with Gasteiger partial charge in [-0.25, -0.2) is 0 Å². The van der Waals surface area contributed by atoms with Gasteiger partial charge in [-0.15, -0.1) is 5.10 Å². The van der Waals surface area contributed by atoms with E-state index in [0.717, 1.165) is 37.2 Å². The quantitative estimate of drug-likeness (QED) is 0.368. The van der Waals surface area contributed by atoms with Crippen molar-refractivity contribution in [3.05, 3.63) is 10.6 Å². The smallest absolute Gasteiger partial charge is 0.268 e. The molecule has 8 heteroatoms. The molecule has 3 N–H and O–H groups in total. The zero-order chi connectivity index (χ0) is 14.5. The molecule has 0 aromatic carbocycles. The maximum absolute atomic E-state index is 12.7. The first-order valence-electron chi connectivity index (χ1n) is 6.76. The Balaban J connectivity index is 2.23. The average Bonchev–Trinajstić information content (AvgIpc) is 3.13. The predicted octanol–water partition coefficient (Wildman–Crippen LogP) is 1.23. The average molecular weight is 297 g/mol. The largest absolute Gasteiger partial charge is 0.409 e. The number of amides is 1. The molecule has 1 aromatic rings. The molecular weight excluding hydrogens is 278 g/mol. The summed E-state index contributed by atoms with van der Waals surface area (Å²) in [5.41, 5.74) is 6.29. The molecule has 2 rings (SSSR count). The summed E-state index contributed by atoms with van der Waals surface area (Å²) < 4.78 is 3.86. The van der Waals surface area contributed by atoms with Crippen LogP contribution in [-0.4, -0.2) is 44.0 Å². The number of hydrogen-bond acceptors (Lipinski definition) is 6. The van der Waals surface area contributed by atoms with E-state index in [9.17, 15) is 4.79 Å². The predicted molar refractivity (Wildman–Crippen MR) is 76.0 cm³/mol. The fourth-order valence-electron chi connectivity index (χ4n) is 2.52. The van der Waals surface area contributed by atoms with Gasteiger partial charge in [0.15, 0.2) is 5.84 Å². The van der Waals surface area contributed by atoms with Crippen LogP contribution in [0, 0.1) is 0 Å². The first kappa shape index (κ1) is 14.7. The Hall–Kier alpha value is -1.70. The molecule has 0 unspecified atom stereocenters. The SMILES string of the molecule is CCc1nnsc1C(=O)N(CC(N)=NO)C1CCCC1. The highest BCUT2D eigenvalue weighted by molar-refractivity contribution is 7.08. The van der Waals surface area contributed by atoms with Gasteiger partial charge in [-0.2, -0.15) is 0 Å². The van der Waals surface area contributed by atoms with Gasteiger partial charge in [0.2, 0.25) is 0 Å². The first-order chi connectivity index (χ1) is 9.67. The van der Waals surface area contributed by atoms with Crippen LogP contribution in [0.4, 0.5) is 0 Å². The number of nitrogens with zero attached hydrogens (tertiary/aromatic N) is 4. The molecule has 1 aliphatic rings. The first-order valence-corrected chi connectivity index (χ1v) is 7.53. The molecule has 0 aliphatic heterocycles. The minimum Gasteiger partial charge on any atom is -0.409 e. The summed E-state index contributed by atoms with van der Waals surface area (Å²) >= 11 is 1.11. The number of carbonyl (C=O) groups excluding carboxylic acids is 1. The lowest BCUT2D eigenvalue weighted by Crippen LogP contribution is -2.44. The Morgan fingerprint density at radius 2 is 2.25 bits per heavy atom. The van der Waals surface area contributed by atoms with Crippen molar-refractivity contribution in [3.63, 3.8) is 0 Å². The highest BCUT2D eigenvalue weighted by Crippen LogP contribution is 2.26. The number of aryl methyl sites for hydroxylation is 1. The summed E-state index contributed by atoms with van der Waals surface area (Å²) in [6.45, 7) is 2.08. The van der Waals surface area contributed by atoms with E-state index in [-0.39, 0.29) is 24.3 Å². The molecule has 0 radical (unpaired) electrons. The fourth-order valence-corrected chi connectivity index (χ4v) is 3.23. The lowest BCUT2D eigenvalue weighted by molar-refractivity contribution is 0.0716. The third-order valence-electron chi connectivity index (χ3n) is 3.57. The molecule has 0 bridgehead atoms. The molecule has 1 saturated carbocycles. The maximum Gasteiger partial charge on any atom is 0.268 e. The van der Waals surface area contributed by atoms with Crippen molar-refractivity contribution >= 4 is 23.3 Å². The van der Waals surface area contributed by atoms with E-state index in [2.05, 4.69) is 14.7 Å². The van der Waals surface area contributed by atoms with Gasteiger partial charge in [-0.05, 0) is 30.8 Å². The second kappa shape index (κ2) is 6.65. The van der Waals surface area contributed by atoms with Crippen LogP contribution in [0.2, 0.25) is 0 Å². The van der Waals surface area contributed by atoms with Gasteiger partial charge in [0.05, 0.1) is 12.2 Å². The van der Waals surface area contributed by atoms with Crippen LogP contribution >= 0.6 is 11.5 Å². The number of hydrogen-bond donors (Lipinski definition) is 2. The monoisotopic (exact) mass is 297 g/mol.